The molecule has 0 amide bonds. The van der Waals surface area contributed by atoms with Crippen LogP contribution in [0.3, 0.4) is 0 Å². The Morgan fingerprint density at radius 1 is 1.33 bits per heavy atom. The number of nitrogens with zero attached hydrogens (tertiary/aromatic N) is 2. The van der Waals surface area contributed by atoms with Gasteiger partial charge in [-0.1, -0.05) is 6.92 Å². The van der Waals surface area contributed by atoms with Crippen LogP contribution in [0, 0.1) is 5.92 Å². The molecule has 1 N–H and O–H groups in total. The predicted molar refractivity (Wildman–Crippen MR) is 87.0 cm³/mol. The molecule has 5 nitrogen and oxygen atoms in total. The number of rotatable bonds is 8. The maximum absolute atomic E-state index is 5.29. The highest BCUT2D eigenvalue weighted by atomic mass is 32.1. The third-order valence-electron chi connectivity index (χ3n) is 3.85. The minimum atomic E-state index is 0.579. The molecule has 0 spiro atoms. The van der Waals surface area contributed by atoms with Crippen LogP contribution < -0.4 is 10.2 Å². The Kier molecular flexibility index (Phi) is 6.41. The second-order valence-corrected chi connectivity index (χ2v) is 6.87. The third kappa shape index (κ3) is 4.39. The van der Waals surface area contributed by atoms with Crippen molar-refractivity contribution in [3.05, 3.63) is 10.6 Å². The van der Waals surface area contributed by atoms with Crippen LogP contribution in [0.15, 0.2) is 0 Å². The van der Waals surface area contributed by atoms with Crippen molar-refractivity contribution < 1.29 is 9.47 Å². The van der Waals surface area contributed by atoms with Crippen LogP contribution in [-0.4, -0.2) is 44.9 Å². The van der Waals surface area contributed by atoms with E-state index in [4.69, 9.17) is 14.5 Å². The largest absolute Gasteiger partial charge is 0.383 e. The van der Waals surface area contributed by atoms with Gasteiger partial charge >= 0.3 is 0 Å². The number of thiazole rings is 1. The first-order chi connectivity index (χ1) is 10.2. The molecule has 1 aliphatic heterocycles. The van der Waals surface area contributed by atoms with E-state index in [0.29, 0.717) is 12.6 Å². The van der Waals surface area contributed by atoms with Gasteiger partial charge in [0.25, 0.3) is 0 Å². The van der Waals surface area contributed by atoms with Gasteiger partial charge in [-0.2, -0.15) is 0 Å². The lowest BCUT2D eigenvalue weighted by molar-refractivity contribution is 0.181. The summed E-state index contributed by atoms with van der Waals surface area (Å²) in [6.07, 6.45) is 1.25. The van der Waals surface area contributed by atoms with Crippen molar-refractivity contribution >= 4 is 16.5 Å². The molecule has 1 fully saturated rings. The SMILES string of the molecule is COCCNCc1sc(N2CC(C)CC2C)nc1COC. The number of hydrogen-bond acceptors (Lipinski definition) is 6. The first-order valence-corrected chi connectivity index (χ1v) is 8.41. The smallest absolute Gasteiger partial charge is 0.186 e. The van der Waals surface area contributed by atoms with Gasteiger partial charge in [0.15, 0.2) is 5.13 Å². The lowest BCUT2D eigenvalue weighted by Gasteiger charge is -2.20. The first kappa shape index (κ1) is 16.7. The van der Waals surface area contributed by atoms with Gasteiger partial charge in [-0.25, -0.2) is 4.98 Å². The molecule has 1 aromatic heterocycles. The van der Waals surface area contributed by atoms with E-state index < -0.39 is 0 Å². The standard InChI is InChI=1S/C15H27N3O2S/c1-11-7-12(2)18(9-11)15-17-13(10-20-4)14(21-15)8-16-5-6-19-3/h11-12,16H,5-10H2,1-4H3. The fourth-order valence-corrected chi connectivity index (χ4v) is 3.97. The highest BCUT2D eigenvalue weighted by molar-refractivity contribution is 7.15. The quantitative estimate of drug-likeness (QED) is 0.746. The number of hydrogen-bond donors (Lipinski definition) is 1. The van der Waals surface area contributed by atoms with Crippen molar-refractivity contribution in [3.8, 4) is 0 Å². The molecule has 21 heavy (non-hydrogen) atoms. The van der Waals surface area contributed by atoms with Crippen molar-refractivity contribution in [2.24, 2.45) is 5.92 Å². The molecule has 120 valence electrons. The summed E-state index contributed by atoms with van der Waals surface area (Å²) in [7, 11) is 3.44. The van der Waals surface area contributed by atoms with Crippen LogP contribution in [0.5, 0.6) is 0 Å². The molecule has 0 bridgehead atoms. The minimum absolute atomic E-state index is 0.579. The highest BCUT2D eigenvalue weighted by Gasteiger charge is 2.29. The molecule has 2 atom stereocenters. The van der Waals surface area contributed by atoms with Crippen molar-refractivity contribution in [3.63, 3.8) is 0 Å². The van der Waals surface area contributed by atoms with Gasteiger partial charge in [0.1, 0.15) is 0 Å². The monoisotopic (exact) mass is 313 g/mol. The molecule has 0 radical (unpaired) electrons. The van der Waals surface area contributed by atoms with Crippen LogP contribution in [-0.2, 0) is 22.6 Å². The van der Waals surface area contributed by atoms with E-state index in [0.717, 1.165) is 43.0 Å². The average Bonchev–Trinajstić information content (AvgIpc) is 2.99. The van der Waals surface area contributed by atoms with Crippen LogP contribution in [0.1, 0.15) is 30.8 Å². The summed E-state index contributed by atoms with van der Waals surface area (Å²) in [5.41, 5.74) is 1.06. The summed E-state index contributed by atoms with van der Waals surface area (Å²) in [5.74, 6) is 0.748. The minimum Gasteiger partial charge on any atom is -0.383 e. The second-order valence-electron chi connectivity index (χ2n) is 5.81. The molecule has 2 unspecified atom stereocenters. The van der Waals surface area contributed by atoms with E-state index in [1.807, 2.05) is 0 Å². The Morgan fingerprint density at radius 2 is 2.14 bits per heavy atom. The topological polar surface area (TPSA) is 46.6 Å². The van der Waals surface area contributed by atoms with Gasteiger partial charge in [-0.05, 0) is 19.3 Å². The van der Waals surface area contributed by atoms with E-state index in [1.54, 1.807) is 25.6 Å². The van der Waals surface area contributed by atoms with Crippen molar-refractivity contribution in [2.75, 3.05) is 38.8 Å². The molecule has 2 rings (SSSR count). The van der Waals surface area contributed by atoms with Crippen molar-refractivity contribution in [1.82, 2.24) is 10.3 Å². The number of methoxy groups -OCH3 is 2. The van der Waals surface area contributed by atoms with Crippen molar-refractivity contribution in [2.45, 2.75) is 39.5 Å². The summed E-state index contributed by atoms with van der Waals surface area (Å²) in [5, 5.41) is 4.54. The van der Waals surface area contributed by atoms with E-state index >= 15 is 0 Å². The van der Waals surface area contributed by atoms with E-state index in [-0.39, 0.29) is 0 Å². The molecule has 1 aliphatic rings. The summed E-state index contributed by atoms with van der Waals surface area (Å²) in [6, 6.07) is 0.579. The molecular formula is C15H27N3O2S. The highest BCUT2D eigenvalue weighted by Crippen LogP contribution is 2.33. The Labute approximate surface area is 131 Å². The molecule has 1 aromatic rings. The first-order valence-electron chi connectivity index (χ1n) is 7.59. The normalized spacial score (nSPS) is 22.2. The Bertz CT molecular complexity index is 439. The number of anilines is 1. The fourth-order valence-electron chi connectivity index (χ4n) is 2.82. The van der Waals surface area contributed by atoms with Crippen LogP contribution in [0.4, 0.5) is 5.13 Å². The maximum atomic E-state index is 5.29. The Hall–Kier alpha value is -0.690. The molecule has 2 heterocycles. The fraction of sp³-hybridized carbons (Fsp3) is 0.800. The van der Waals surface area contributed by atoms with E-state index in [1.165, 1.54) is 11.3 Å². The van der Waals surface area contributed by atoms with Gasteiger partial charge in [0.2, 0.25) is 0 Å². The molecular weight excluding hydrogens is 286 g/mol. The molecule has 0 saturated carbocycles. The molecule has 0 aliphatic carbocycles. The zero-order chi connectivity index (χ0) is 15.2. The van der Waals surface area contributed by atoms with Crippen molar-refractivity contribution in [1.29, 1.82) is 0 Å². The van der Waals surface area contributed by atoms with E-state index in [2.05, 4.69) is 24.1 Å². The summed E-state index contributed by atoms with van der Waals surface area (Å²) in [4.78, 5) is 8.52. The zero-order valence-corrected chi connectivity index (χ0v) is 14.3. The van der Waals surface area contributed by atoms with Gasteiger partial charge in [-0.15, -0.1) is 11.3 Å². The summed E-state index contributed by atoms with van der Waals surface area (Å²) in [6.45, 7) is 8.70. The lowest BCUT2D eigenvalue weighted by atomic mass is 10.1. The maximum Gasteiger partial charge on any atom is 0.186 e. The average molecular weight is 313 g/mol. The second kappa shape index (κ2) is 8.08. The van der Waals surface area contributed by atoms with Gasteiger partial charge in [0.05, 0.1) is 18.9 Å². The van der Waals surface area contributed by atoms with Crippen LogP contribution in [0.2, 0.25) is 0 Å². The summed E-state index contributed by atoms with van der Waals surface area (Å²) >= 11 is 1.79. The zero-order valence-electron chi connectivity index (χ0n) is 13.5. The van der Waals surface area contributed by atoms with Crippen LogP contribution >= 0.6 is 11.3 Å². The Morgan fingerprint density at radius 3 is 2.76 bits per heavy atom. The summed E-state index contributed by atoms with van der Waals surface area (Å²) < 4.78 is 10.4. The number of aromatic nitrogens is 1. The molecule has 6 heteroatoms. The predicted octanol–water partition coefficient (Wildman–Crippen LogP) is 2.26. The van der Waals surface area contributed by atoms with Gasteiger partial charge in [0, 0.05) is 44.8 Å². The Balaban J connectivity index is 2.05. The molecule has 1 saturated heterocycles. The van der Waals surface area contributed by atoms with Gasteiger partial charge < -0.3 is 19.7 Å². The van der Waals surface area contributed by atoms with E-state index in [9.17, 15) is 0 Å². The third-order valence-corrected chi connectivity index (χ3v) is 4.98. The number of nitrogens with one attached hydrogen (secondary N) is 1. The number of ether oxygens (including phenoxy) is 2. The molecule has 0 aromatic carbocycles. The van der Waals surface area contributed by atoms with Crippen LogP contribution in [0.25, 0.3) is 0 Å². The van der Waals surface area contributed by atoms with Gasteiger partial charge in [-0.3, -0.25) is 0 Å². The lowest BCUT2D eigenvalue weighted by Crippen LogP contribution is -2.26.